The SMILES string of the molecule is CCCCC(CC)CC(CC(F)(F)C(F)(F)C(F)(F)C(F)(F)F)OC(=O)C(CC(=O)O)S(=O)(=O)O. The van der Waals surface area contributed by atoms with Gasteiger partial charge in [-0.1, -0.05) is 39.5 Å². The Morgan fingerprint density at radius 2 is 1.46 bits per heavy atom. The molecule has 0 aromatic rings. The molecule has 0 radical (unpaired) electrons. The van der Waals surface area contributed by atoms with E-state index in [4.69, 9.17) is 9.66 Å². The number of alkyl halides is 9. The Kier molecular flexibility index (Phi) is 11.4. The summed E-state index contributed by atoms with van der Waals surface area (Å²) in [6.45, 7) is 3.19. The number of unbranched alkanes of at least 4 members (excludes halogenated alkanes) is 1. The maximum Gasteiger partial charge on any atom is 0.460 e. The van der Waals surface area contributed by atoms with Gasteiger partial charge in [0.15, 0.2) is 5.25 Å². The summed E-state index contributed by atoms with van der Waals surface area (Å²) in [7, 11) is -5.53. The zero-order valence-electron chi connectivity index (χ0n) is 18.4. The highest BCUT2D eigenvalue weighted by molar-refractivity contribution is 7.87. The third-order valence-corrected chi connectivity index (χ3v) is 6.18. The van der Waals surface area contributed by atoms with Gasteiger partial charge in [-0.2, -0.15) is 47.9 Å². The molecule has 0 spiro atoms. The molecule has 0 amide bonds. The second-order valence-electron chi connectivity index (χ2n) is 7.87. The fourth-order valence-corrected chi connectivity index (χ4v) is 3.71. The molecule has 3 unspecified atom stereocenters. The lowest BCUT2D eigenvalue weighted by atomic mass is 9.89. The highest BCUT2D eigenvalue weighted by atomic mass is 32.2. The van der Waals surface area contributed by atoms with Crippen molar-refractivity contribution in [3.05, 3.63) is 0 Å². The number of hydrogen-bond acceptors (Lipinski definition) is 5. The van der Waals surface area contributed by atoms with Gasteiger partial charge in [-0.15, -0.1) is 0 Å². The molecule has 2 N–H and O–H groups in total. The molecule has 0 aromatic carbocycles. The van der Waals surface area contributed by atoms with Crippen molar-refractivity contribution in [1.29, 1.82) is 0 Å². The smallest absolute Gasteiger partial charge is 0.460 e. The number of carboxylic acid groups (broad SMARTS) is 1. The number of carbonyl (C=O) groups is 2. The number of esters is 1. The lowest BCUT2D eigenvalue weighted by molar-refractivity contribution is -0.398. The van der Waals surface area contributed by atoms with Crippen LogP contribution in [0.15, 0.2) is 0 Å². The monoisotopic (exact) mass is 556 g/mol. The molecule has 7 nitrogen and oxygen atoms in total. The maximum absolute atomic E-state index is 14.2. The molecule has 0 aliphatic carbocycles. The van der Waals surface area contributed by atoms with Crippen LogP contribution in [-0.4, -0.2) is 65.3 Å². The van der Waals surface area contributed by atoms with Crippen LogP contribution in [0.4, 0.5) is 39.5 Å². The predicted molar refractivity (Wildman–Crippen MR) is 101 cm³/mol. The van der Waals surface area contributed by atoms with Crippen LogP contribution < -0.4 is 0 Å². The number of aliphatic carboxylic acids is 1. The molecular formula is C18H25F9O7S. The van der Waals surface area contributed by atoms with Crippen molar-refractivity contribution < 1.29 is 71.9 Å². The van der Waals surface area contributed by atoms with Crippen LogP contribution in [0, 0.1) is 5.92 Å². The zero-order valence-corrected chi connectivity index (χ0v) is 19.2. The van der Waals surface area contributed by atoms with Crippen LogP contribution in [0.3, 0.4) is 0 Å². The Morgan fingerprint density at radius 1 is 0.943 bits per heavy atom. The highest BCUT2D eigenvalue weighted by Crippen LogP contribution is 2.54. The first-order valence-electron chi connectivity index (χ1n) is 10.1. The molecule has 0 aliphatic heterocycles. The van der Waals surface area contributed by atoms with E-state index in [1.54, 1.807) is 6.92 Å². The summed E-state index contributed by atoms with van der Waals surface area (Å²) < 4.78 is 155. The van der Waals surface area contributed by atoms with Gasteiger partial charge < -0.3 is 9.84 Å². The van der Waals surface area contributed by atoms with E-state index >= 15 is 0 Å². The summed E-state index contributed by atoms with van der Waals surface area (Å²) >= 11 is 0. The van der Waals surface area contributed by atoms with Gasteiger partial charge in [-0.05, 0) is 12.3 Å². The fraction of sp³-hybridized carbons (Fsp3) is 0.889. The molecule has 0 heterocycles. The molecule has 0 saturated heterocycles. The van der Waals surface area contributed by atoms with E-state index < -0.39 is 82.5 Å². The normalized spacial score (nSPS) is 16.5. The van der Waals surface area contributed by atoms with Crippen molar-refractivity contribution in [2.24, 2.45) is 5.92 Å². The van der Waals surface area contributed by atoms with Crippen LogP contribution >= 0.6 is 0 Å². The van der Waals surface area contributed by atoms with Gasteiger partial charge in [0.2, 0.25) is 0 Å². The number of ether oxygens (including phenoxy) is 1. The van der Waals surface area contributed by atoms with Gasteiger partial charge in [0, 0.05) is 0 Å². The standard InChI is InChI=1S/C18H25F9O7S/c1-3-5-6-10(4-2)7-11(34-14(30)12(8-13(28)29)35(31,32)33)9-15(19,20)16(21,22)17(23,24)18(25,26)27/h10-12H,3-9H2,1-2H3,(H,28,29)(H,31,32,33). The van der Waals surface area contributed by atoms with Crippen molar-refractivity contribution >= 4 is 22.1 Å². The van der Waals surface area contributed by atoms with Gasteiger partial charge in [-0.25, -0.2) is 0 Å². The number of rotatable bonds is 15. The van der Waals surface area contributed by atoms with Gasteiger partial charge in [0.25, 0.3) is 10.1 Å². The van der Waals surface area contributed by atoms with E-state index in [0.29, 0.717) is 12.8 Å². The largest absolute Gasteiger partial charge is 0.481 e. The van der Waals surface area contributed by atoms with Gasteiger partial charge in [0.1, 0.15) is 6.10 Å². The van der Waals surface area contributed by atoms with Crippen LogP contribution in [0.2, 0.25) is 0 Å². The Balaban J connectivity index is 6.24. The second-order valence-corrected chi connectivity index (χ2v) is 9.47. The number of hydrogen-bond donors (Lipinski definition) is 2. The summed E-state index contributed by atoms with van der Waals surface area (Å²) in [5.74, 6) is -25.2. The van der Waals surface area contributed by atoms with E-state index in [0.717, 1.165) is 0 Å². The third kappa shape index (κ3) is 8.68. The summed E-state index contributed by atoms with van der Waals surface area (Å²) in [6, 6.07) is 0. The Bertz CT molecular complexity index is 829. The summed E-state index contributed by atoms with van der Waals surface area (Å²) in [6.07, 6.45) is -13.3. The van der Waals surface area contributed by atoms with Crippen molar-refractivity contribution in [3.63, 3.8) is 0 Å². The topological polar surface area (TPSA) is 118 Å². The van der Waals surface area contributed by atoms with Crippen molar-refractivity contribution in [2.45, 2.75) is 94.1 Å². The second kappa shape index (κ2) is 12.0. The molecule has 0 aliphatic rings. The minimum atomic E-state index is -7.19. The van der Waals surface area contributed by atoms with Crippen LogP contribution in [0.1, 0.15) is 58.8 Å². The minimum Gasteiger partial charge on any atom is -0.481 e. The Morgan fingerprint density at radius 3 is 1.83 bits per heavy atom. The van der Waals surface area contributed by atoms with Gasteiger partial charge in [-0.3, -0.25) is 14.1 Å². The Labute approximate surface area is 194 Å². The summed E-state index contributed by atoms with van der Waals surface area (Å²) in [5.41, 5.74) is 0. The number of carboxylic acids is 1. The van der Waals surface area contributed by atoms with Crippen LogP contribution in [0.25, 0.3) is 0 Å². The molecule has 0 saturated carbocycles. The highest BCUT2D eigenvalue weighted by Gasteiger charge is 2.81. The molecule has 0 fully saturated rings. The van der Waals surface area contributed by atoms with Crippen molar-refractivity contribution in [2.75, 3.05) is 0 Å². The van der Waals surface area contributed by atoms with E-state index in [9.17, 15) is 57.5 Å². The molecular weight excluding hydrogens is 531 g/mol. The van der Waals surface area contributed by atoms with E-state index in [1.807, 2.05) is 0 Å². The number of carbonyl (C=O) groups excluding carboxylic acids is 1. The van der Waals surface area contributed by atoms with E-state index in [-0.39, 0.29) is 12.8 Å². The first-order valence-corrected chi connectivity index (χ1v) is 11.6. The molecule has 0 aromatic heterocycles. The van der Waals surface area contributed by atoms with E-state index in [1.165, 1.54) is 6.92 Å². The first kappa shape index (κ1) is 33.2. The molecule has 208 valence electrons. The zero-order chi connectivity index (χ0) is 28.0. The Hall–Kier alpha value is -1.78. The quantitative estimate of drug-likeness (QED) is 0.164. The van der Waals surface area contributed by atoms with Gasteiger partial charge >= 0.3 is 35.9 Å². The lowest BCUT2D eigenvalue weighted by Gasteiger charge is -2.35. The first-order chi connectivity index (χ1) is 15.5. The van der Waals surface area contributed by atoms with Crippen molar-refractivity contribution in [1.82, 2.24) is 0 Å². The molecule has 3 atom stereocenters. The van der Waals surface area contributed by atoms with Gasteiger partial charge in [0.05, 0.1) is 12.8 Å². The molecule has 0 rings (SSSR count). The third-order valence-electron chi connectivity index (χ3n) is 5.10. The van der Waals surface area contributed by atoms with E-state index in [2.05, 4.69) is 4.74 Å². The van der Waals surface area contributed by atoms with Crippen LogP contribution in [-0.2, 0) is 24.4 Å². The number of halogens is 9. The summed E-state index contributed by atoms with van der Waals surface area (Å²) in [4.78, 5) is 22.9. The van der Waals surface area contributed by atoms with Crippen molar-refractivity contribution in [3.8, 4) is 0 Å². The molecule has 0 bridgehead atoms. The maximum atomic E-state index is 14.2. The molecule has 17 heteroatoms. The summed E-state index contributed by atoms with van der Waals surface area (Å²) in [5, 5.41) is 5.78. The average molecular weight is 556 g/mol. The molecule has 35 heavy (non-hydrogen) atoms. The lowest BCUT2D eigenvalue weighted by Crippen LogP contribution is -2.61. The van der Waals surface area contributed by atoms with Crippen LogP contribution in [0.5, 0.6) is 0 Å². The minimum absolute atomic E-state index is 0.131. The average Bonchev–Trinajstić information content (AvgIpc) is 2.66. The predicted octanol–water partition coefficient (Wildman–Crippen LogP) is 5.09. The fourth-order valence-electron chi connectivity index (χ4n) is 3.06.